The number of H-pyrrole nitrogens is 2. The summed E-state index contributed by atoms with van der Waals surface area (Å²) in [6.45, 7) is 1.70. The Bertz CT molecular complexity index is 1850. The van der Waals surface area contributed by atoms with E-state index in [1.54, 1.807) is 29.2 Å². The van der Waals surface area contributed by atoms with Gasteiger partial charge in [0.05, 0.1) is 30.7 Å². The highest BCUT2D eigenvalue weighted by Gasteiger charge is 2.38. The fourth-order valence-corrected chi connectivity index (χ4v) is 4.73. The molecule has 0 saturated heterocycles. The number of methoxy groups -OCH3 is 2. The monoisotopic (exact) mass is 595 g/mol. The minimum absolute atomic E-state index is 0.118. The van der Waals surface area contributed by atoms with Crippen molar-refractivity contribution in [3.05, 3.63) is 110 Å². The number of aromatic amines is 2. The van der Waals surface area contributed by atoms with Crippen LogP contribution >= 0.6 is 0 Å². The van der Waals surface area contributed by atoms with Gasteiger partial charge in [0.2, 0.25) is 0 Å². The molecule has 5 aromatic rings. The number of rotatable bonds is 8. The second-order valence-corrected chi connectivity index (χ2v) is 9.69. The van der Waals surface area contributed by atoms with Gasteiger partial charge in [0.15, 0.2) is 5.82 Å². The van der Waals surface area contributed by atoms with Crippen LogP contribution in [-0.4, -0.2) is 34.2 Å². The highest BCUT2D eigenvalue weighted by atomic mass is 19.4. The van der Waals surface area contributed by atoms with Crippen molar-refractivity contribution < 1.29 is 27.0 Å². The molecule has 0 saturated carbocycles. The van der Waals surface area contributed by atoms with Gasteiger partial charge in [-0.25, -0.2) is 14.2 Å². The molecule has 5 rings (SSSR count). The van der Waals surface area contributed by atoms with E-state index in [0.29, 0.717) is 11.5 Å². The third kappa shape index (κ3) is 6.05. The first kappa shape index (κ1) is 29.3. The van der Waals surface area contributed by atoms with Gasteiger partial charge < -0.3 is 19.4 Å². The number of hydrogen-bond acceptors (Lipinski definition) is 7. The Morgan fingerprint density at radius 3 is 1.93 bits per heavy atom. The third-order valence-corrected chi connectivity index (χ3v) is 6.83. The van der Waals surface area contributed by atoms with Gasteiger partial charge >= 0.3 is 11.9 Å². The number of anilines is 1. The van der Waals surface area contributed by atoms with Crippen molar-refractivity contribution in [2.45, 2.75) is 26.2 Å². The van der Waals surface area contributed by atoms with Crippen molar-refractivity contribution in [3.8, 4) is 22.9 Å². The molecule has 0 bridgehead atoms. The first-order valence-electron chi connectivity index (χ1n) is 12.9. The van der Waals surface area contributed by atoms with Crippen LogP contribution in [0.1, 0.15) is 22.3 Å². The molecular weight excluding hydrogens is 570 g/mol. The molecule has 0 unspecified atom stereocenters. The lowest BCUT2D eigenvalue weighted by Gasteiger charge is -2.27. The van der Waals surface area contributed by atoms with E-state index >= 15 is 4.39 Å². The number of aromatic nitrogens is 4. The predicted octanol–water partition coefficient (Wildman–Crippen LogP) is 5.36. The number of benzene rings is 2. The summed E-state index contributed by atoms with van der Waals surface area (Å²) in [5, 5.41) is -0.331. The van der Waals surface area contributed by atoms with Gasteiger partial charge in [-0.1, -0.05) is 24.3 Å². The lowest BCUT2D eigenvalue weighted by atomic mass is 10.0. The molecular formula is C30H25F4N5O4. The number of halogens is 4. The van der Waals surface area contributed by atoms with Gasteiger partial charge in [-0.3, -0.25) is 14.8 Å². The number of hydrogen-bond donors (Lipinski definition) is 2. The minimum Gasteiger partial charge on any atom is -0.497 e. The van der Waals surface area contributed by atoms with Gasteiger partial charge in [-0.05, 0) is 53.9 Å². The molecule has 0 aliphatic carbocycles. The summed E-state index contributed by atoms with van der Waals surface area (Å²) < 4.78 is 69.4. The Morgan fingerprint density at radius 1 is 0.860 bits per heavy atom. The zero-order valence-electron chi connectivity index (χ0n) is 23.2. The van der Waals surface area contributed by atoms with Crippen LogP contribution in [0, 0.1) is 12.7 Å². The Labute approximate surface area is 241 Å². The Balaban J connectivity index is 1.70. The fraction of sp³-hybridized carbons (Fsp3) is 0.200. The molecule has 0 aliphatic heterocycles. The lowest BCUT2D eigenvalue weighted by molar-refractivity contribution is -0.137. The molecule has 2 N–H and O–H groups in total. The fourth-order valence-electron chi connectivity index (χ4n) is 4.73. The number of nitrogens with zero attached hydrogens (tertiary/aromatic N) is 3. The smallest absolute Gasteiger partial charge is 0.418 e. The standard InChI is InChI=1S/C30H25F4N5O4/c1-16-12-22(39(14-17-4-8-19(42-2)9-5-17)15-18-6-10-20(43-3)11-7-18)36-26(23(16)30(32,33)34)27-24(31)25-21(13-35-27)28(40)38-29(41)37-25/h4-13H,14-15H2,1-3H3,(H2,37,38,40,41). The highest BCUT2D eigenvalue weighted by Crippen LogP contribution is 2.40. The summed E-state index contributed by atoms with van der Waals surface area (Å²) in [5.41, 5.74) is -3.87. The van der Waals surface area contributed by atoms with Crippen LogP contribution in [0.25, 0.3) is 22.3 Å². The van der Waals surface area contributed by atoms with E-state index in [9.17, 15) is 22.8 Å². The number of alkyl halides is 3. The van der Waals surface area contributed by atoms with Crippen molar-refractivity contribution in [1.29, 1.82) is 0 Å². The molecule has 0 spiro atoms. The highest BCUT2D eigenvalue weighted by molar-refractivity contribution is 5.82. The summed E-state index contributed by atoms with van der Waals surface area (Å²) in [5.74, 6) is 0.0666. The zero-order valence-corrected chi connectivity index (χ0v) is 23.2. The van der Waals surface area contributed by atoms with Crippen LogP contribution < -0.4 is 25.6 Å². The van der Waals surface area contributed by atoms with Crippen molar-refractivity contribution in [3.63, 3.8) is 0 Å². The van der Waals surface area contributed by atoms with Crippen LogP contribution in [-0.2, 0) is 19.3 Å². The van der Waals surface area contributed by atoms with E-state index in [0.717, 1.165) is 17.3 Å². The number of fused-ring (bicyclic) bond motifs is 1. The van der Waals surface area contributed by atoms with Crippen molar-refractivity contribution in [1.82, 2.24) is 19.9 Å². The largest absolute Gasteiger partial charge is 0.497 e. The van der Waals surface area contributed by atoms with Crippen LogP contribution in [0.4, 0.5) is 23.4 Å². The maximum atomic E-state index is 15.8. The van der Waals surface area contributed by atoms with Gasteiger partial charge in [-0.2, -0.15) is 13.2 Å². The van der Waals surface area contributed by atoms with Crippen LogP contribution in [0.2, 0.25) is 0 Å². The molecule has 0 fully saturated rings. The van der Waals surface area contributed by atoms with Gasteiger partial charge in [-0.15, -0.1) is 0 Å². The first-order valence-corrected chi connectivity index (χ1v) is 12.9. The predicted molar refractivity (Wildman–Crippen MR) is 152 cm³/mol. The average Bonchev–Trinajstić information content (AvgIpc) is 2.97. The summed E-state index contributed by atoms with van der Waals surface area (Å²) in [7, 11) is 3.07. The lowest BCUT2D eigenvalue weighted by Crippen LogP contribution is -2.25. The van der Waals surface area contributed by atoms with Crippen LogP contribution in [0.3, 0.4) is 0 Å². The molecule has 0 aliphatic rings. The second kappa shape index (κ2) is 11.6. The molecule has 9 nitrogen and oxygen atoms in total. The summed E-state index contributed by atoms with van der Waals surface area (Å²) in [4.78, 5) is 38.0. The van der Waals surface area contributed by atoms with Crippen LogP contribution in [0.5, 0.6) is 11.5 Å². The molecule has 43 heavy (non-hydrogen) atoms. The topological polar surface area (TPSA) is 113 Å². The quantitative estimate of drug-likeness (QED) is 0.232. The average molecular weight is 596 g/mol. The summed E-state index contributed by atoms with van der Waals surface area (Å²) in [6.07, 6.45) is -4.02. The van der Waals surface area contributed by atoms with E-state index in [2.05, 4.69) is 15.0 Å². The van der Waals surface area contributed by atoms with Crippen molar-refractivity contribution in [2.24, 2.45) is 0 Å². The Kier molecular flexibility index (Phi) is 7.89. The maximum Gasteiger partial charge on any atom is 0.418 e. The van der Waals surface area contributed by atoms with Gasteiger partial charge in [0, 0.05) is 19.3 Å². The molecule has 13 heteroatoms. The van der Waals surface area contributed by atoms with E-state index < -0.39 is 45.7 Å². The van der Waals surface area contributed by atoms with Crippen LogP contribution in [0.15, 0.2) is 70.4 Å². The summed E-state index contributed by atoms with van der Waals surface area (Å²) >= 11 is 0. The molecule has 0 radical (unpaired) electrons. The Hall–Kier alpha value is -5.20. The van der Waals surface area contributed by atoms with Crippen molar-refractivity contribution >= 4 is 16.7 Å². The molecule has 3 heterocycles. The molecule has 3 aromatic heterocycles. The minimum atomic E-state index is -4.92. The van der Waals surface area contributed by atoms with E-state index in [4.69, 9.17) is 9.47 Å². The summed E-state index contributed by atoms with van der Waals surface area (Å²) in [6, 6.07) is 15.6. The maximum absolute atomic E-state index is 15.8. The zero-order chi connectivity index (χ0) is 30.9. The van der Waals surface area contributed by atoms with E-state index in [-0.39, 0.29) is 29.9 Å². The van der Waals surface area contributed by atoms with Crippen molar-refractivity contribution in [2.75, 3.05) is 19.1 Å². The second-order valence-electron chi connectivity index (χ2n) is 9.69. The Morgan fingerprint density at radius 2 is 1.42 bits per heavy atom. The van der Waals surface area contributed by atoms with E-state index in [1.807, 2.05) is 29.2 Å². The number of pyridine rings is 2. The SMILES string of the molecule is COc1ccc(CN(Cc2ccc(OC)cc2)c2cc(C)c(C(F)(F)F)c(-c3ncc4c(=O)[nH]c(=O)[nH]c4c3F)n2)cc1. The van der Waals surface area contributed by atoms with Gasteiger partial charge in [0.1, 0.15) is 28.7 Å². The molecule has 222 valence electrons. The normalized spacial score (nSPS) is 11.5. The first-order chi connectivity index (χ1) is 20.5. The number of nitrogens with one attached hydrogen (secondary N) is 2. The third-order valence-electron chi connectivity index (χ3n) is 6.83. The molecule has 2 aromatic carbocycles. The molecule has 0 amide bonds. The number of ether oxygens (including phenoxy) is 2. The molecule has 0 atom stereocenters. The van der Waals surface area contributed by atoms with E-state index in [1.165, 1.54) is 27.2 Å². The van der Waals surface area contributed by atoms with Gasteiger partial charge in [0.25, 0.3) is 5.56 Å². The number of aryl methyl sites for hydroxylation is 1.